The van der Waals surface area contributed by atoms with Crippen molar-refractivity contribution < 1.29 is 9.53 Å². The number of benzene rings is 2. The van der Waals surface area contributed by atoms with E-state index in [0.29, 0.717) is 22.7 Å². The molecular weight excluding hydrogens is 308 g/mol. The van der Waals surface area contributed by atoms with E-state index in [0.717, 1.165) is 4.47 Å². The molecule has 0 aromatic heterocycles. The van der Waals surface area contributed by atoms with Crippen molar-refractivity contribution in [2.24, 2.45) is 0 Å². The Bertz CT molecular complexity index is 614. The Labute approximate surface area is 119 Å². The fraction of sp³-hybridized carbons (Fsp3) is 0.0714. The average Bonchev–Trinajstić information content (AvgIpc) is 2.38. The van der Waals surface area contributed by atoms with Gasteiger partial charge in [-0.15, -0.1) is 0 Å². The Morgan fingerprint density at radius 2 is 2.00 bits per heavy atom. The maximum atomic E-state index is 12.2. The summed E-state index contributed by atoms with van der Waals surface area (Å²) in [4.78, 5) is 12.2. The number of nitrogens with two attached hydrogens (primary N) is 1. The molecule has 0 unspecified atom stereocenters. The van der Waals surface area contributed by atoms with Crippen molar-refractivity contribution in [2.75, 3.05) is 18.2 Å². The van der Waals surface area contributed by atoms with Gasteiger partial charge in [-0.2, -0.15) is 0 Å². The molecule has 98 valence electrons. The van der Waals surface area contributed by atoms with Gasteiger partial charge in [0.05, 0.1) is 7.11 Å². The van der Waals surface area contributed by atoms with Crippen LogP contribution in [0.15, 0.2) is 46.9 Å². The minimum Gasteiger partial charge on any atom is -0.496 e. The van der Waals surface area contributed by atoms with Crippen LogP contribution in [0.5, 0.6) is 5.75 Å². The van der Waals surface area contributed by atoms with Crippen LogP contribution in [0.3, 0.4) is 0 Å². The highest BCUT2D eigenvalue weighted by Crippen LogP contribution is 2.25. The number of carbonyl (C=O) groups excluding carboxylic acids is 1. The number of hydrogen-bond acceptors (Lipinski definition) is 3. The second-order valence-electron chi connectivity index (χ2n) is 3.89. The lowest BCUT2D eigenvalue weighted by atomic mass is 10.1. The molecular formula is C14H13BrN2O2. The van der Waals surface area contributed by atoms with Crippen molar-refractivity contribution in [3.63, 3.8) is 0 Å². The molecule has 1 amide bonds. The summed E-state index contributed by atoms with van der Waals surface area (Å²) in [6.07, 6.45) is 0. The number of hydrogen-bond donors (Lipinski definition) is 2. The van der Waals surface area contributed by atoms with E-state index in [1.165, 1.54) is 7.11 Å². The molecule has 0 bridgehead atoms. The third-order valence-corrected chi connectivity index (χ3v) is 3.08. The summed E-state index contributed by atoms with van der Waals surface area (Å²) in [5.74, 6) is 0.153. The van der Waals surface area contributed by atoms with E-state index in [1.807, 2.05) is 18.2 Å². The van der Waals surface area contributed by atoms with E-state index in [1.54, 1.807) is 24.3 Å². The zero-order chi connectivity index (χ0) is 13.8. The quantitative estimate of drug-likeness (QED) is 0.853. The van der Waals surface area contributed by atoms with Gasteiger partial charge in [0.2, 0.25) is 0 Å². The van der Waals surface area contributed by atoms with Gasteiger partial charge < -0.3 is 15.8 Å². The summed E-state index contributed by atoms with van der Waals surface area (Å²) >= 11 is 3.35. The normalized spacial score (nSPS) is 10.0. The molecule has 0 radical (unpaired) electrons. The van der Waals surface area contributed by atoms with Crippen LogP contribution < -0.4 is 15.8 Å². The monoisotopic (exact) mass is 320 g/mol. The third kappa shape index (κ3) is 3.06. The Kier molecular flexibility index (Phi) is 4.06. The molecule has 0 spiro atoms. The molecule has 0 aliphatic heterocycles. The highest BCUT2D eigenvalue weighted by atomic mass is 79.9. The summed E-state index contributed by atoms with van der Waals surface area (Å²) in [6.45, 7) is 0. The number of nitrogens with one attached hydrogen (secondary N) is 1. The first-order valence-corrected chi connectivity index (χ1v) is 6.40. The third-order valence-electron chi connectivity index (χ3n) is 2.59. The lowest BCUT2D eigenvalue weighted by molar-refractivity contribution is 0.102. The zero-order valence-electron chi connectivity index (χ0n) is 10.3. The standard InChI is InChI=1S/C14H13BrN2O2/c1-19-12-7-3-6-11(16)13(12)14(18)17-10-5-2-4-9(15)8-10/h2-8H,16H2,1H3,(H,17,18). The molecule has 0 fully saturated rings. The molecule has 0 aliphatic carbocycles. The molecule has 0 aliphatic rings. The lowest BCUT2D eigenvalue weighted by Crippen LogP contribution is -2.15. The fourth-order valence-corrected chi connectivity index (χ4v) is 2.12. The average molecular weight is 321 g/mol. The summed E-state index contributed by atoms with van der Waals surface area (Å²) in [7, 11) is 1.50. The number of nitrogen functional groups attached to an aromatic ring is 1. The number of ether oxygens (including phenoxy) is 1. The van der Waals surface area contributed by atoms with Gasteiger partial charge in [-0.3, -0.25) is 4.79 Å². The topological polar surface area (TPSA) is 64.3 Å². The van der Waals surface area contributed by atoms with Gasteiger partial charge in [-0.1, -0.05) is 28.1 Å². The Morgan fingerprint density at radius 1 is 1.26 bits per heavy atom. The van der Waals surface area contributed by atoms with Crippen molar-refractivity contribution in [3.05, 3.63) is 52.5 Å². The molecule has 2 aromatic carbocycles. The number of carbonyl (C=O) groups is 1. The summed E-state index contributed by atoms with van der Waals surface area (Å²) in [5, 5.41) is 2.79. The van der Waals surface area contributed by atoms with Gasteiger partial charge in [-0.25, -0.2) is 0 Å². The smallest absolute Gasteiger partial charge is 0.261 e. The van der Waals surface area contributed by atoms with E-state index in [2.05, 4.69) is 21.2 Å². The maximum Gasteiger partial charge on any atom is 0.261 e. The van der Waals surface area contributed by atoms with E-state index in [-0.39, 0.29) is 5.91 Å². The molecule has 4 nitrogen and oxygen atoms in total. The SMILES string of the molecule is COc1cccc(N)c1C(=O)Nc1cccc(Br)c1. The predicted octanol–water partition coefficient (Wildman–Crippen LogP) is 3.29. The van der Waals surface area contributed by atoms with Crippen LogP contribution in [0.4, 0.5) is 11.4 Å². The van der Waals surface area contributed by atoms with Gasteiger partial charge in [0.15, 0.2) is 0 Å². The second kappa shape index (κ2) is 5.75. The molecule has 0 atom stereocenters. The number of rotatable bonds is 3. The first-order chi connectivity index (χ1) is 9.11. The number of anilines is 2. The summed E-state index contributed by atoms with van der Waals surface area (Å²) in [5.41, 5.74) is 7.24. The summed E-state index contributed by atoms with van der Waals surface area (Å²) in [6, 6.07) is 12.4. The first-order valence-electron chi connectivity index (χ1n) is 5.61. The van der Waals surface area contributed by atoms with Crippen LogP contribution in [0.25, 0.3) is 0 Å². The first kappa shape index (κ1) is 13.4. The largest absolute Gasteiger partial charge is 0.496 e. The number of methoxy groups -OCH3 is 1. The molecule has 3 N–H and O–H groups in total. The zero-order valence-corrected chi connectivity index (χ0v) is 11.9. The minimum atomic E-state index is -0.298. The lowest BCUT2D eigenvalue weighted by Gasteiger charge is -2.11. The van der Waals surface area contributed by atoms with Gasteiger partial charge in [0, 0.05) is 15.8 Å². The van der Waals surface area contributed by atoms with Gasteiger partial charge >= 0.3 is 0 Å². The van der Waals surface area contributed by atoms with Crippen LogP contribution >= 0.6 is 15.9 Å². The van der Waals surface area contributed by atoms with E-state index in [9.17, 15) is 4.79 Å². The van der Waals surface area contributed by atoms with E-state index >= 15 is 0 Å². The highest BCUT2D eigenvalue weighted by Gasteiger charge is 2.15. The van der Waals surface area contributed by atoms with Crippen LogP contribution in [0, 0.1) is 0 Å². The van der Waals surface area contributed by atoms with Gasteiger partial charge in [0.1, 0.15) is 11.3 Å². The molecule has 0 saturated carbocycles. The summed E-state index contributed by atoms with van der Waals surface area (Å²) < 4.78 is 6.05. The predicted molar refractivity (Wildman–Crippen MR) is 79.5 cm³/mol. The Hall–Kier alpha value is -2.01. The van der Waals surface area contributed by atoms with Crippen LogP contribution in [-0.2, 0) is 0 Å². The van der Waals surface area contributed by atoms with Gasteiger partial charge in [-0.05, 0) is 30.3 Å². The van der Waals surface area contributed by atoms with Crippen molar-refractivity contribution in [1.82, 2.24) is 0 Å². The molecule has 2 aromatic rings. The number of amides is 1. The Morgan fingerprint density at radius 3 is 2.68 bits per heavy atom. The van der Waals surface area contributed by atoms with Crippen molar-refractivity contribution in [2.45, 2.75) is 0 Å². The molecule has 19 heavy (non-hydrogen) atoms. The van der Waals surface area contributed by atoms with E-state index < -0.39 is 0 Å². The van der Waals surface area contributed by atoms with Crippen molar-refractivity contribution in [3.8, 4) is 5.75 Å². The molecule has 5 heteroatoms. The van der Waals surface area contributed by atoms with Crippen LogP contribution in [0.1, 0.15) is 10.4 Å². The molecule has 0 saturated heterocycles. The van der Waals surface area contributed by atoms with Gasteiger partial charge in [0.25, 0.3) is 5.91 Å². The highest BCUT2D eigenvalue weighted by molar-refractivity contribution is 9.10. The maximum absolute atomic E-state index is 12.2. The molecule has 2 rings (SSSR count). The van der Waals surface area contributed by atoms with Crippen molar-refractivity contribution >= 4 is 33.2 Å². The van der Waals surface area contributed by atoms with Crippen LogP contribution in [0.2, 0.25) is 0 Å². The number of halogens is 1. The van der Waals surface area contributed by atoms with Crippen molar-refractivity contribution in [1.29, 1.82) is 0 Å². The Balaban J connectivity index is 2.30. The minimum absolute atomic E-state index is 0.298. The van der Waals surface area contributed by atoms with Crippen LogP contribution in [-0.4, -0.2) is 13.0 Å². The van der Waals surface area contributed by atoms with E-state index in [4.69, 9.17) is 10.5 Å². The fourth-order valence-electron chi connectivity index (χ4n) is 1.72. The molecule has 0 heterocycles. The second-order valence-corrected chi connectivity index (χ2v) is 4.80.